The van der Waals surface area contributed by atoms with Gasteiger partial charge in [-0.3, -0.25) is 4.79 Å². The monoisotopic (exact) mass is 321 g/mol. The Bertz CT molecular complexity index is 596. The van der Waals surface area contributed by atoms with Gasteiger partial charge in [0.2, 0.25) is 15.9 Å². The number of carboxylic acid groups (broad SMARTS) is 1. The Morgan fingerprint density at radius 3 is 2.65 bits per heavy atom. The Hall–Kier alpha value is -1.52. The van der Waals surface area contributed by atoms with Crippen LogP contribution in [0, 0.1) is 0 Å². The molecule has 0 saturated heterocycles. The molecule has 0 radical (unpaired) electrons. The summed E-state index contributed by atoms with van der Waals surface area (Å²) >= 11 is 1.11. The summed E-state index contributed by atoms with van der Waals surface area (Å²) in [6.07, 6.45) is 0. The van der Waals surface area contributed by atoms with Crippen molar-refractivity contribution in [3.8, 4) is 0 Å². The lowest BCUT2D eigenvalue weighted by atomic mass is 10.5. The smallest absolute Gasteiger partial charge is 0.355 e. The maximum absolute atomic E-state index is 11.6. The maximum Gasteiger partial charge on any atom is 0.355 e. The highest BCUT2D eigenvalue weighted by Gasteiger charge is 2.18. The zero-order valence-electron chi connectivity index (χ0n) is 11.0. The molecule has 2 N–H and O–H groups in total. The van der Waals surface area contributed by atoms with Crippen LogP contribution in [0.25, 0.3) is 0 Å². The van der Waals surface area contributed by atoms with Crippen LogP contribution in [0.15, 0.2) is 5.38 Å². The van der Waals surface area contributed by atoms with Gasteiger partial charge in [-0.2, -0.15) is 4.31 Å². The van der Waals surface area contributed by atoms with Crippen LogP contribution in [0.3, 0.4) is 0 Å². The van der Waals surface area contributed by atoms with E-state index in [0.717, 1.165) is 15.6 Å². The van der Waals surface area contributed by atoms with Crippen LogP contribution >= 0.6 is 11.3 Å². The highest BCUT2D eigenvalue weighted by atomic mass is 32.2. The lowest BCUT2D eigenvalue weighted by molar-refractivity contribution is -0.121. The number of amides is 1. The van der Waals surface area contributed by atoms with E-state index < -0.39 is 21.9 Å². The third-order valence-electron chi connectivity index (χ3n) is 2.41. The average Bonchev–Trinajstić information content (AvgIpc) is 2.85. The second kappa shape index (κ2) is 6.77. The number of carbonyl (C=O) groups excluding carboxylic acids is 1. The fourth-order valence-corrected chi connectivity index (χ4v) is 2.70. The van der Waals surface area contributed by atoms with Gasteiger partial charge < -0.3 is 10.4 Å². The molecule has 0 fully saturated rings. The van der Waals surface area contributed by atoms with Crippen LogP contribution in [0.4, 0.5) is 0 Å². The number of aromatic carboxylic acids is 1. The molecule has 20 heavy (non-hydrogen) atoms. The van der Waals surface area contributed by atoms with Crippen molar-refractivity contribution >= 4 is 33.2 Å². The van der Waals surface area contributed by atoms with E-state index in [-0.39, 0.29) is 24.5 Å². The van der Waals surface area contributed by atoms with Crippen molar-refractivity contribution < 1.29 is 23.1 Å². The molecule has 10 heteroatoms. The number of aromatic nitrogens is 1. The van der Waals surface area contributed by atoms with E-state index in [0.29, 0.717) is 5.01 Å². The summed E-state index contributed by atoms with van der Waals surface area (Å²) in [6, 6.07) is 0. The van der Waals surface area contributed by atoms with Crippen molar-refractivity contribution in [2.24, 2.45) is 0 Å². The number of hydrogen-bond donors (Lipinski definition) is 2. The molecule has 0 bridgehead atoms. The number of likely N-dealkylation sites (N-methyl/N-ethyl adjacent to an activating group) is 1. The van der Waals surface area contributed by atoms with Crippen LogP contribution in [0.1, 0.15) is 22.4 Å². The van der Waals surface area contributed by atoms with Crippen molar-refractivity contribution in [2.75, 3.05) is 19.3 Å². The highest BCUT2D eigenvalue weighted by molar-refractivity contribution is 7.89. The molecule has 0 aromatic carbocycles. The van der Waals surface area contributed by atoms with Crippen LogP contribution < -0.4 is 5.32 Å². The molecular weight excluding hydrogens is 306 g/mol. The largest absolute Gasteiger partial charge is 0.476 e. The van der Waals surface area contributed by atoms with Crippen LogP contribution in [0.5, 0.6) is 0 Å². The van der Waals surface area contributed by atoms with Gasteiger partial charge in [-0.1, -0.05) is 0 Å². The van der Waals surface area contributed by atoms with E-state index in [1.807, 2.05) is 0 Å². The van der Waals surface area contributed by atoms with Crippen molar-refractivity contribution in [2.45, 2.75) is 13.5 Å². The minimum Gasteiger partial charge on any atom is -0.476 e. The number of sulfonamides is 1. The lowest BCUT2D eigenvalue weighted by Crippen LogP contribution is -2.38. The number of rotatable bonds is 7. The third kappa shape index (κ3) is 4.54. The Kier molecular flexibility index (Phi) is 5.60. The van der Waals surface area contributed by atoms with Crippen molar-refractivity contribution in [3.63, 3.8) is 0 Å². The topological polar surface area (TPSA) is 117 Å². The average molecular weight is 321 g/mol. The standard InChI is InChI=1S/C10H15N3O5S2/c1-3-20(17,18)13(2)5-8(14)11-4-9-12-7(6-19-9)10(15)16/h6H,3-5H2,1-2H3,(H,11,14)(H,15,16). The maximum atomic E-state index is 11.6. The van der Waals surface area contributed by atoms with Gasteiger partial charge in [-0.25, -0.2) is 18.2 Å². The van der Waals surface area contributed by atoms with Gasteiger partial charge in [-0.15, -0.1) is 11.3 Å². The van der Waals surface area contributed by atoms with E-state index in [9.17, 15) is 18.0 Å². The predicted octanol–water partition coefficient (Wildman–Crippen LogP) is -0.261. The molecule has 1 heterocycles. The minimum absolute atomic E-state index is 0.0663. The minimum atomic E-state index is -3.40. The summed E-state index contributed by atoms with van der Waals surface area (Å²) in [7, 11) is -2.08. The van der Waals surface area contributed by atoms with Gasteiger partial charge >= 0.3 is 5.97 Å². The van der Waals surface area contributed by atoms with Crippen molar-refractivity contribution in [1.82, 2.24) is 14.6 Å². The fraction of sp³-hybridized carbons (Fsp3) is 0.500. The van der Waals surface area contributed by atoms with E-state index in [4.69, 9.17) is 5.11 Å². The highest BCUT2D eigenvalue weighted by Crippen LogP contribution is 2.09. The third-order valence-corrected chi connectivity index (χ3v) is 5.07. The zero-order chi connectivity index (χ0) is 15.3. The van der Waals surface area contributed by atoms with Gasteiger partial charge in [0.25, 0.3) is 0 Å². The van der Waals surface area contributed by atoms with E-state index >= 15 is 0 Å². The quantitative estimate of drug-likeness (QED) is 0.714. The molecule has 1 aromatic heterocycles. The number of carbonyl (C=O) groups is 2. The Labute approximate surface area is 120 Å². The molecular formula is C10H15N3O5S2. The Balaban J connectivity index is 2.49. The SMILES string of the molecule is CCS(=O)(=O)N(C)CC(=O)NCc1nc(C(=O)O)cs1. The summed E-state index contributed by atoms with van der Waals surface area (Å²) in [6.45, 7) is 1.27. The summed E-state index contributed by atoms with van der Waals surface area (Å²) in [5, 5.41) is 13.0. The number of nitrogens with one attached hydrogen (secondary N) is 1. The van der Waals surface area contributed by atoms with Crippen molar-refractivity contribution in [3.05, 3.63) is 16.1 Å². The van der Waals surface area contributed by atoms with Gasteiger partial charge in [-0.05, 0) is 6.92 Å². The second-order valence-electron chi connectivity index (χ2n) is 3.86. The van der Waals surface area contributed by atoms with E-state index in [1.165, 1.54) is 19.4 Å². The first-order chi connectivity index (χ1) is 9.26. The van der Waals surface area contributed by atoms with Gasteiger partial charge in [0, 0.05) is 12.4 Å². The zero-order valence-corrected chi connectivity index (χ0v) is 12.6. The van der Waals surface area contributed by atoms with E-state index in [1.54, 1.807) is 0 Å². The van der Waals surface area contributed by atoms with E-state index in [2.05, 4.69) is 10.3 Å². The first-order valence-electron chi connectivity index (χ1n) is 5.64. The number of hydrogen-bond acceptors (Lipinski definition) is 6. The normalized spacial score (nSPS) is 11.6. The van der Waals surface area contributed by atoms with Crippen LogP contribution in [0.2, 0.25) is 0 Å². The summed E-state index contributed by atoms with van der Waals surface area (Å²) < 4.78 is 23.9. The fourth-order valence-electron chi connectivity index (χ4n) is 1.24. The van der Waals surface area contributed by atoms with Crippen LogP contribution in [-0.2, 0) is 21.4 Å². The molecule has 1 rings (SSSR count). The predicted molar refractivity (Wildman–Crippen MR) is 73.0 cm³/mol. The molecule has 0 atom stereocenters. The van der Waals surface area contributed by atoms with Crippen LogP contribution in [-0.4, -0.2) is 54.0 Å². The second-order valence-corrected chi connectivity index (χ2v) is 7.17. The number of nitrogens with zero attached hydrogens (tertiary/aromatic N) is 2. The van der Waals surface area contributed by atoms with Crippen molar-refractivity contribution in [1.29, 1.82) is 0 Å². The van der Waals surface area contributed by atoms with Gasteiger partial charge in [0.1, 0.15) is 5.01 Å². The summed E-state index contributed by atoms with van der Waals surface area (Å²) in [5.74, 6) is -1.69. The molecule has 0 spiro atoms. The summed E-state index contributed by atoms with van der Waals surface area (Å²) in [5.41, 5.74) is -0.0788. The molecule has 0 aliphatic rings. The Morgan fingerprint density at radius 1 is 1.50 bits per heavy atom. The number of thiazole rings is 1. The molecule has 0 unspecified atom stereocenters. The first-order valence-corrected chi connectivity index (χ1v) is 8.13. The molecule has 0 aliphatic heterocycles. The summed E-state index contributed by atoms with van der Waals surface area (Å²) in [4.78, 5) is 26.0. The molecule has 112 valence electrons. The molecule has 1 aromatic rings. The lowest BCUT2D eigenvalue weighted by Gasteiger charge is -2.15. The molecule has 1 amide bonds. The molecule has 0 aliphatic carbocycles. The Morgan fingerprint density at radius 2 is 2.15 bits per heavy atom. The molecule has 0 saturated carbocycles. The van der Waals surface area contributed by atoms with Gasteiger partial charge in [0.15, 0.2) is 5.69 Å². The van der Waals surface area contributed by atoms with Gasteiger partial charge in [0.05, 0.1) is 18.8 Å². The number of carboxylic acids is 1. The first kappa shape index (κ1) is 16.5. The molecule has 8 nitrogen and oxygen atoms in total.